The first-order valence-electron chi connectivity index (χ1n) is 9.67. The molecule has 1 aromatic carbocycles. The fraction of sp³-hybridized carbons (Fsp3) is 0.650. The summed E-state index contributed by atoms with van der Waals surface area (Å²) in [6, 6.07) is 4.99. The second-order valence-corrected chi connectivity index (χ2v) is 8.29. The zero-order valence-electron chi connectivity index (χ0n) is 16.0. The van der Waals surface area contributed by atoms with E-state index in [-0.39, 0.29) is 16.5 Å². The summed E-state index contributed by atoms with van der Waals surface area (Å²) in [6.45, 7) is 9.63. The molecule has 26 heavy (non-hydrogen) atoms. The van der Waals surface area contributed by atoms with Gasteiger partial charge in [0.1, 0.15) is 5.69 Å². The molecule has 2 fully saturated rings. The Kier molecular flexibility index (Phi) is 5.49. The van der Waals surface area contributed by atoms with Crippen molar-refractivity contribution in [1.82, 2.24) is 4.90 Å². The molecule has 1 amide bonds. The Balaban J connectivity index is 1.84. The van der Waals surface area contributed by atoms with E-state index in [0.717, 1.165) is 45.4 Å². The molecule has 0 aliphatic carbocycles. The van der Waals surface area contributed by atoms with Crippen LogP contribution in [0.25, 0.3) is 0 Å². The summed E-state index contributed by atoms with van der Waals surface area (Å²) >= 11 is 0. The zero-order chi connectivity index (χ0) is 18.8. The van der Waals surface area contributed by atoms with Crippen LogP contribution in [0.4, 0.5) is 11.4 Å². The Morgan fingerprint density at radius 3 is 2.27 bits per heavy atom. The van der Waals surface area contributed by atoms with Gasteiger partial charge < -0.3 is 9.80 Å². The number of piperidine rings is 2. The number of hydrogen-bond acceptors (Lipinski definition) is 4. The molecule has 2 atom stereocenters. The van der Waals surface area contributed by atoms with Gasteiger partial charge in [0.25, 0.3) is 11.6 Å². The van der Waals surface area contributed by atoms with E-state index in [1.807, 2.05) is 4.90 Å². The van der Waals surface area contributed by atoms with E-state index in [9.17, 15) is 14.9 Å². The maximum Gasteiger partial charge on any atom is 0.293 e. The van der Waals surface area contributed by atoms with Crippen LogP contribution in [0, 0.1) is 27.9 Å². The third-order valence-electron chi connectivity index (χ3n) is 5.70. The van der Waals surface area contributed by atoms with E-state index in [0.29, 0.717) is 29.0 Å². The smallest absolute Gasteiger partial charge is 0.293 e. The Bertz CT molecular complexity index is 673. The van der Waals surface area contributed by atoms with E-state index in [1.54, 1.807) is 12.1 Å². The number of amides is 1. The molecule has 2 saturated heterocycles. The van der Waals surface area contributed by atoms with Crippen molar-refractivity contribution < 1.29 is 9.72 Å². The maximum absolute atomic E-state index is 12.9. The number of nitro benzene ring substituents is 1. The van der Waals surface area contributed by atoms with Crippen molar-refractivity contribution in [3.05, 3.63) is 33.9 Å². The molecule has 6 nitrogen and oxygen atoms in total. The number of carbonyl (C=O) groups excluding carboxylic acids is 1. The molecule has 1 aromatic rings. The predicted octanol–water partition coefficient (Wildman–Crippen LogP) is 3.95. The molecule has 2 aliphatic rings. The monoisotopic (exact) mass is 359 g/mol. The topological polar surface area (TPSA) is 66.7 Å². The van der Waals surface area contributed by atoms with Crippen molar-refractivity contribution in [3.63, 3.8) is 0 Å². The van der Waals surface area contributed by atoms with E-state index in [2.05, 4.69) is 25.7 Å². The molecule has 3 rings (SSSR count). The summed E-state index contributed by atoms with van der Waals surface area (Å²) in [4.78, 5) is 28.1. The lowest BCUT2D eigenvalue weighted by molar-refractivity contribution is -0.384. The van der Waals surface area contributed by atoms with Gasteiger partial charge in [-0.2, -0.15) is 0 Å². The molecule has 0 saturated carbocycles. The van der Waals surface area contributed by atoms with Crippen LogP contribution in [-0.4, -0.2) is 41.9 Å². The Hall–Kier alpha value is -2.11. The van der Waals surface area contributed by atoms with Crippen molar-refractivity contribution in [2.24, 2.45) is 17.8 Å². The number of rotatable bonds is 3. The van der Waals surface area contributed by atoms with E-state index < -0.39 is 0 Å². The third kappa shape index (κ3) is 4.00. The lowest BCUT2D eigenvalue weighted by Gasteiger charge is -2.35. The maximum atomic E-state index is 12.9. The first-order valence-corrected chi connectivity index (χ1v) is 9.67. The van der Waals surface area contributed by atoms with Gasteiger partial charge in [0, 0.05) is 37.8 Å². The highest BCUT2D eigenvalue weighted by Crippen LogP contribution is 2.33. The molecule has 2 aliphatic heterocycles. The number of anilines is 1. The number of nitrogens with zero attached hydrogens (tertiary/aromatic N) is 3. The Morgan fingerprint density at radius 1 is 1.08 bits per heavy atom. The summed E-state index contributed by atoms with van der Waals surface area (Å²) < 4.78 is 0. The summed E-state index contributed by atoms with van der Waals surface area (Å²) in [5.41, 5.74) is 1.11. The van der Waals surface area contributed by atoms with Crippen LogP contribution in [0.15, 0.2) is 18.2 Å². The van der Waals surface area contributed by atoms with Gasteiger partial charge in [0.15, 0.2) is 0 Å². The zero-order valence-corrected chi connectivity index (χ0v) is 16.0. The van der Waals surface area contributed by atoms with Crippen LogP contribution < -0.4 is 4.90 Å². The van der Waals surface area contributed by atoms with Crippen molar-refractivity contribution in [1.29, 1.82) is 0 Å². The summed E-state index contributed by atoms with van der Waals surface area (Å²) in [5.74, 6) is 1.50. The minimum Gasteiger partial charge on any atom is -0.366 e. The van der Waals surface area contributed by atoms with E-state index in [4.69, 9.17) is 0 Å². The fourth-order valence-electron chi connectivity index (χ4n) is 4.33. The molecule has 142 valence electrons. The number of carbonyl (C=O) groups is 1. The number of benzene rings is 1. The van der Waals surface area contributed by atoms with Gasteiger partial charge in [0.2, 0.25) is 0 Å². The van der Waals surface area contributed by atoms with Gasteiger partial charge in [-0.05, 0) is 49.1 Å². The highest BCUT2D eigenvalue weighted by atomic mass is 16.6. The van der Waals surface area contributed by atoms with Gasteiger partial charge in [-0.25, -0.2) is 0 Å². The molecule has 2 heterocycles. The van der Waals surface area contributed by atoms with Crippen LogP contribution in [0.5, 0.6) is 0 Å². The Labute approximate surface area is 155 Å². The molecular weight excluding hydrogens is 330 g/mol. The van der Waals surface area contributed by atoms with Gasteiger partial charge in [-0.1, -0.05) is 20.8 Å². The molecule has 0 N–H and O–H groups in total. The fourth-order valence-corrected chi connectivity index (χ4v) is 4.33. The predicted molar refractivity (Wildman–Crippen MR) is 103 cm³/mol. The lowest BCUT2D eigenvalue weighted by Crippen LogP contribution is -2.42. The molecule has 0 bridgehead atoms. The molecule has 0 unspecified atom stereocenters. The molecular formula is C20H29N3O3. The first-order chi connectivity index (χ1) is 12.3. The van der Waals surface area contributed by atoms with Crippen molar-refractivity contribution in [3.8, 4) is 0 Å². The second-order valence-electron chi connectivity index (χ2n) is 8.29. The van der Waals surface area contributed by atoms with Crippen molar-refractivity contribution in [2.75, 3.05) is 31.1 Å². The summed E-state index contributed by atoms with van der Waals surface area (Å²) in [5, 5.41) is 11.6. The summed E-state index contributed by atoms with van der Waals surface area (Å²) in [6.07, 6.45) is 3.21. The van der Waals surface area contributed by atoms with Crippen molar-refractivity contribution in [2.45, 2.75) is 40.0 Å². The quantitative estimate of drug-likeness (QED) is 0.605. The van der Waals surface area contributed by atoms with Gasteiger partial charge in [-0.3, -0.25) is 14.9 Å². The largest absolute Gasteiger partial charge is 0.366 e. The van der Waals surface area contributed by atoms with Crippen LogP contribution in [-0.2, 0) is 0 Å². The van der Waals surface area contributed by atoms with Crippen LogP contribution in [0.3, 0.4) is 0 Å². The summed E-state index contributed by atoms with van der Waals surface area (Å²) in [7, 11) is 0. The van der Waals surface area contributed by atoms with E-state index in [1.165, 1.54) is 6.07 Å². The number of hydrogen-bond donors (Lipinski definition) is 0. The van der Waals surface area contributed by atoms with Crippen LogP contribution in [0.1, 0.15) is 50.4 Å². The third-order valence-corrected chi connectivity index (χ3v) is 5.70. The lowest BCUT2D eigenvalue weighted by atomic mass is 9.91. The number of likely N-dealkylation sites (tertiary alicyclic amines) is 1. The minimum absolute atomic E-state index is 0.0449. The second kappa shape index (κ2) is 7.64. The first kappa shape index (κ1) is 18.7. The molecule has 0 spiro atoms. The van der Waals surface area contributed by atoms with Crippen molar-refractivity contribution >= 4 is 17.3 Å². The normalized spacial score (nSPS) is 24.6. The van der Waals surface area contributed by atoms with E-state index >= 15 is 0 Å². The molecule has 0 aromatic heterocycles. The van der Waals surface area contributed by atoms with Gasteiger partial charge in [0.05, 0.1) is 4.92 Å². The average molecular weight is 359 g/mol. The SMILES string of the molecule is CC1CCN(c2ccc(C(=O)N3C[C@@H](C)C[C@H](C)C3)cc2[N+](=O)[O-])CC1. The van der Waals surface area contributed by atoms with Crippen LogP contribution in [0.2, 0.25) is 0 Å². The highest BCUT2D eigenvalue weighted by molar-refractivity contribution is 5.96. The Morgan fingerprint density at radius 2 is 1.69 bits per heavy atom. The highest BCUT2D eigenvalue weighted by Gasteiger charge is 2.29. The van der Waals surface area contributed by atoms with Crippen LogP contribution >= 0.6 is 0 Å². The standard InChI is InChI=1S/C20H29N3O3/c1-14-6-8-21(9-7-14)18-5-4-17(11-19(18)23(25)26)20(24)22-12-15(2)10-16(3)13-22/h4-5,11,14-16H,6-10,12-13H2,1-3H3/t15-,16-/m0/s1. The van der Waals surface area contributed by atoms with Gasteiger partial charge in [-0.15, -0.1) is 0 Å². The average Bonchev–Trinajstić information content (AvgIpc) is 2.60. The molecule has 0 radical (unpaired) electrons. The molecule has 6 heteroatoms. The van der Waals surface area contributed by atoms with Gasteiger partial charge >= 0.3 is 0 Å². The number of nitro groups is 1. The minimum atomic E-state index is -0.356.